The molecular weight excluding hydrogens is 281 g/mol. The van der Waals surface area contributed by atoms with Gasteiger partial charge in [0.1, 0.15) is 11.6 Å². The molecule has 2 atom stereocenters. The van der Waals surface area contributed by atoms with Gasteiger partial charge in [-0.05, 0) is 18.2 Å². The van der Waals surface area contributed by atoms with Crippen LogP contribution in [0.1, 0.15) is 35.8 Å². The van der Waals surface area contributed by atoms with Crippen LogP contribution in [0, 0.1) is 5.82 Å². The Hall–Kier alpha value is -1.36. The van der Waals surface area contributed by atoms with E-state index in [9.17, 15) is 9.50 Å². The molecule has 0 saturated heterocycles. The number of nitrogens with two attached hydrogens (primary N) is 1. The van der Waals surface area contributed by atoms with E-state index in [2.05, 4.69) is 0 Å². The van der Waals surface area contributed by atoms with Crippen LogP contribution in [0.15, 0.2) is 34.9 Å². The molecule has 0 aliphatic carbocycles. The van der Waals surface area contributed by atoms with E-state index in [1.807, 2.05) is 6.92 Å². The molecule has 108 valence electrons. The SMILES string of the molecule is CCc1occc1C(O)C(CN)c1c(F)cccc1Cl. The van der Waals surface area contributed by atoms with Crippen LogP contribution in [0.4, 0.5) is 4.39 Å². The molecule has 2 unspecified atom stereocenters. The molecule has 1 aromatic heterocycles. The first kappa shape index (κ1) is 15.0. The number of aryl methyl sites for hydroxylation is 1. The molecule has 5 heteroatoms. The Labute approximate surface area is 122 Å². The van der Waals surface area contributed by atoms with Crippen molar-refractivity contribution in [3.8, 4) is 0 Å². The van der Waals surface area contributed by atoms with E-state index in [4.69, 9.17) is 21.8 Å². The van der Waals surface area contributed by atoms with Gasteiger partial charge in [0, 0.05) is 35.0 Å². The summed E-state index contributed by atoms with van der Waals surface area (Å²) in [5.74, 6) is -0.413. The highest BCUT2D eigenvalue weighted by molar-refractivity contribution is 6.31. The summed E-state index contributed by atoms with van der Waals surface area (Å²) in [6.07, 6.45) is 1.19. The van der Waals surface area contributed by atoms with E-state index in [-0.39, 0.29) is 17.1 Å². The second kappa shape index (κ2) is 6.39. The summed E-state index contributed by atoms with van der Waals surface area (Å²) in [4.78, 5) is 0. The molecule has 3 N–H and O–H groups in total. The average molecular weight is 298 g/mol. The first-order valence-corrected chi connectivity index (χ1v) is 6.86. The molecule has 0 bridgehead atoms. The highest BCUT2D eigenvalue weighted by atomic mass is 35.5. The van der Waals surface area contributed by atoms with E-state index in [0.29, 0.717) is 17.7 Å². The summed E-state index contributed by atoms with van der Waals surface area (Å²) < 4.78 is 19.3. The minimum atomic E-state index is -0.955. The van der Waals surface area contributed by atoms with Crippen molar-refractivity contribution in [2.24, 2.45) is 5.73 Å². The molecule has 2 aromatic rings. The summed E-state index contributed by atoms with van der Waals surface area (Å²) in [5.41, 5.74) is 6.60. The lowest BCUT2D eigenvalue weighted by atomic mass is 9.88. The van der Waals surface area contributed by atoms with Gasteiger partial charge in [-0.3, -0.25) is 0 Å². The zero-order chi connectivity index (χ0) is 14.7. The summed E-state index contributed by atoms with van der Waals surface area (Å²) in [6, 6.07) is 6.11. The molecule has 0 saturated carbocycles. The topological polar surface area (TPSA) is 59.4 Å². The molecule has 0 aliphatic heterocycles. The molecule has 0 aliphatic rings. The zero-order valence-electron chi connectivity index (χ0n) is 11.1. The van der Waals surface area contributed by atoms with Crippen molar-refractivity contribution >= 4 is 11.6 Å². The van der Waals surface area contributed by atoms with Gasteiger partial charge in [-0.1, -0.05) is 24.6 Å². The monoisotopic (exact) mass is 297 g/mol. The highest BCUT2D eigenvalue weighted by Crippen LogP contribution is 2.37. The molecule has 1 aromatic carbocycles. The standard InChI is InChI=1S/C15H17ClFNO2/c1-2-13-9(6-7-20-13)15(19)10(8-18)14-11(16)4-3-5-12(14)17/h3-7,10,15,19H,2,8,18H2,1H3. The molecule has 0 fully saturated rings. The lowest BCUT2D eigenvalue weighted by molar-refractivity contribution is 0.143. The second-order valence-electron chi connectivity index (χ2n) is 4.58. The zero-order valence-corrected chi connectivity index (χ0v) is 11.9. The Morgan fingerprint density at radius 2 is 2.15 bits per heavy atom. The van der Waals surface area contributed by atoms with Gasteiger partial charge in [-0.15, -0.1) is 0 Å². The van der Waals surface area contributed by atoms with Gasteiger partial charge in [0.25, 0.3) is 0 Å². The minimum Gasteiger partial charge on any atom is -0.469 e. The third-order valence-corrected chi connectivity index (χ3v) is 3.75. The Morgan fingerprint density at radius 3 is 2.75 bits per heavy atom. The van der Waals surface area contributed by atoms with Crippen molar-refractivity contribution in [2.75, 3.05) is 6.54 Å². The van der Waals surface area contributed by atoms with Gasteiger partial charge in [0.15, 0.2) is 0 Å². The number of hydrogen-bond donors (Lipinski definition) is 2. The molecular formula is C15H17ClFNO2. The number of benzene rings is 1. The Morgan fingerprint density at radius 1 is 1.40 bits per heavy atom. The fourth-order valence-electron chi connectivity index (χ4n) is 2.39. The molecule has 20 heavy (non-hydrogen) atoms. The molecule has 0 radical (unpaired) electrons. The maximum atomic E-state index is 14.0. The van der Waals surface area contributed by atoms with Crippen LogP contribution in [-0.4, -0.2) is 11.7 Å². The quantitative estimate of drug-likeness (QED) is 0.889. The average Bonchev–Trinajstić information content (AvgIpc) is 2.90. The van der Waals surface area contributed by atoms with Crippen LogP contribution in [0.2, 0.25) is 5.02 Å². The number of hydrogen-bond acceptors (Lipinski definition) is 3. The van der Waals surface area contributed by atoms with Crippen LogP contribution in [0.3, 0.4) is 0 Å². The maximum absolute atomic E-state index is 14.0. The third-order valence-electron chi connectivity index (χ3n) is 3.43. The predicted molar refractivity (Wildman–Crippen MR) is 76.3 cm³/mol. The Kier molecular flexibility index (Phi) is 4.81. The van der Waals surface area contributed by atoms with Crippen molar-refractivity contribution in [2.45, 2.75) is 25.4 Å². The van der Waals surface area contributed by atoms with E-state index < -0.39 is 17.8 Å². The lowest BCUT2D eigenvalue weighted by Gasteiger charge is -2.23. The summed E-state index contributed by atoms with van der Waals surface area (Å²) >= 11 is 6.05. The fourth-order valence-corrected chi connectivity index (χ4v) is 2.69. The van der Waals surface area contributed by atoms with E-state index in [1.54, 1.807) is 12.1 Å². The number of halogens is 2. The van der Waals surface area contributed by atoms with Gasteiger partial charge >= 0.3 is 0 Å². The predicted octanol–water partition coefficient (Wildman–Crippen LogP) is 3.41. The first-order valence-electron chi connectivity index (χ1n) is 6.48. The van der Waals surface area contributed by atoms with Crippen molar-refractivity contribution in [1.29, 1.82) is 0 Å². The fraction of sp³-hybridized carbons (Fsp3) is 0.333. The molecule has 3 nitrogen and oxygen atoms in total. The lowest BCUT2D eigenvalue weighted by Crippen LogP contribution is -2.22. The normalized spacial score (nSPS) is 14.2. The summed E-state index contributed by atoms with van der Waals surface area (Å²) in [7, 11) is 0. The second-order valence-corrected chi connectivity index (χ2v) is 4.98. The van der Waals surface area contributed by atoms with Crippen LogP contribution < -0.4 is 5.73 Å². The first-order chi connectivity index (χ1) is 9.60. The summed E-state index contributed by atoms with van der Waals surface area (Å²) in [5, 5.41) is 10.8. The molecule has 0 spiro atoms. The molecule has 1 heterocycles. The van der Waals surface area contributed by atoms with Gasteiger partial charge in [0.2, 0.25) is 0 Å². The van der Waals surface area contributed by atoms with Crippen molar-refractivity contribution in [3.63, 3.8) is 0 Å². The van der Waals surface area contributed by atoms with Crippen molar-refractivity contribution < 1.29 is 13.9 Å². The van der Waals surface area contributed by atoms with Gasteiger partial charge in [-0.25, -0.2) is 4.39 Å². The molecule has 0 amide bonds. The number of rotatable bonds is 5. The minimum absolute atomic E-state index is 0.0795. The number of aliphatic hydroxyl groups excluding tert-OH is 1. The maximum Gasteiger partial charge on any atom is 0.128 e. The molecule has 2 rings (SSSR count). The van der Waals surface area contributed by atoms with Gasteiger partial charge in [0.05, 0.1) is 12.4 Å². The number of aliphatic hydroxyl groups is 1. The largest absolute Gasteiger partial charge is 0.469 e. The van der Waals surface area contributed by atoms with Crippen molar-refractivity contribution in [3.05, 3.63) is 58.3 Å². The van der Waals surface area contributed by atoms with E-state index in [1.165, 1.54) is 18.4 Å². The van der Waals surface area contributed by atoms with Crippen LogP contribution in [0.25, 0.3) is 0 Å². The van der Waals surface area contributed by atoms with Crippen LogP contribution in [0.5, 0.6) is 0 Å². The highest BCUT2D eigenvalue weighted by Gasteiger charge is 2.28. The smallest absolute Gasteiger partial charge is 0.128 e. The van der Waals surface area contributed by atoms with E-state index >= 15 is 0 Å². The van der Waals surface area contributed by atoms with Crippen LogP contribution >= 0.6 is 11.6 Å². The van der Waals surface area contributed by atoms with Crippen LogP contribution in [-0.2, 0) is 6.42 Å². The number of furan rings is 1. The van der Waals surface area contributed by atoms with Gasteiger partial charge in [-0.2, -0.15) is 0 Å². The van der Waals surface area contributed by atoms with E-state index in [0.717, 1.165) is 0 Å². The summed E-state index contributed by atoms with van der Waals surface area (Å²) in [6.45, 7) is 2.00. The van der Waals surface area contributed by atoms with Crippen molar-refractivity contribution in [1.82, 2.24) is 0 Å². The van der Waals surface area contributed by atoms with Gasteiger partial charge < -0.3 is 15.3 Å². The Balaban J connectivity index is 2.42. The Bertz CT molecular complexity index is 565. The third kappa shape index (κ3) is 2.73.